The van der Waals surface area contributed by atoms with Crippen molar-refractivity contribution in [1.29, 1.82) is 0 Å². The summed E-state index contributed by atoms with van der Waals surface area (Å²) in [5, 5.41) is 0. The molecule has 2 N–H and O–H groups in total. The SMILES string of the molecule is CCOC(=O)CCS(=O)(=O)N1CCc2cc(C)c(N)cc21. The zero-order valence-corrected chi connectivity index (χ0v) is 13.1. The molecule has 0 saturated heterocycles. The molecule has 0 unspecified atom stereocenters. The second kappa shape index (κ2) is 5.93. The number of hydrogen-bond donors (Lipinski definition) is 1. The number of ether oxygens (including phenoxy) is 1. The highest BCUT2D eigenvalue weighted by Crippen LogP contribution is 2.34. The van der Waals surface area contributed by atoms with Gasteiger partial charge < -0.3 is 10.5 Å². The average Bonchev–Trinajstić information content (AvgIpc) is 2.81. The molecule has 1 aliphatic rings. The van der Waals surface area contributed by atoms with Crippen LogP contribution in [0.15, 0.2) is 12.1 Å². The zero-order chi connectivity index (χ0) is 15.6. The first kappa shape index (κ1) is 15.6. The largest absolute Gasteiger partial charge is 0.466 e. The Kier molecular flexibility index (Phi) is 4.41. The number of carbonyl (C=O) groups is 1. The maximum absolute atomic E-state index is 12.4. The Labute approximate surface area is 124 Å². The Balaban J connectivity index is 2.17. The van der Waals surface area contributed by atoms with E-state index in [9.17, 15) is 13.2 Å². The van der Waals surface area contributed by atoms with Crippen LogP contribution < -0.4 is 10.0 Å². The van der Waals surface area contributed by atoms with Gasteiger partial charge in [0.25, 0.3) is 0 Å². The van der Waals surface area contributed by atoms with E-state index in [1.54, 1.807) is 13.0 Å². The van der Waals surface area contributed by atoms with E-state index in [1.165, 1.54) is 4.31 Å². The maximum atomic E-state index is 12.4. The molecular weight excluding hydrogens is 292 g/mol. The van der Waals surface area contributed by atoms with Crippen LogP contribution in [0.25, 0.3) is 0 Å². The summed E-state index contributed by atoms with van der Waals surface area (Å²) in [6.07, 6.45) is 0.526. The van der Waals surface area contributed by atoms with Gasteiger partial charge in [0.05, 0.1) is 24.5 Å². The molecule has 0 fully saturated rings. The van der Waals surface area contributed by atoms with E-state index in [2.05, 4.69) is 0 Å². The fraction of sp³-hybridized carbons (Fsp3) is 0.500. The molecule has 0 amide bonds. The first-order valence-corrected chi connectivity index (χ1v) is 8.51. The van der Waals surface area contributed by atoms with E-state index in [1.807, 2.05) is 13.0 Å². The summed E-state index contributed by atoms with van der Waals surface area (Å²) in [5.74, 6) is -0.747. The summed E-state index contributed by atoms with van der Waals surface area (Å²) >= 11 is 0. The number of nitrogens with two attached hydrogens (primary N) is 1. The molecule has 0 atom stereocenters. The van der Waals surface area contributed by atoms with E-state index in [0.29, 0.717) is 24.3 Å². The number of sulfonamides is 1. The molecule has 1 aliphatic heterocycles. The number of benzene rings is 1. The van der Waals surface area contributed by atoms with Crippen molar-refractivity contribution in [3.8, 4) is 0 Å². The standard InChI is InChI=1S/C14H20N2O4S/c1-3-20-14(17)5-7-21(18,19)16-6-4-11-8-10(2)12(15)9-13(11)16/h8-9H,3-7,15H2,1-2H3. The van der Waals surface area contributed by atoms with Crippen LogP contribution >= 0.6 is 0 Å². The topological polar surface area (TPSA) is 89.7 Å². The van der Waals surface area contributed by atoms with Crippen LogP contribution in [0.2, 0.25) is 0 Å². The number of fused-ring (bicyclic) bond motifs is 1. The van der Waals surface area contributed by atoms with Gasteiger partial charge in [0.15, 0.2) is 0 Å². The summed E-state index contributed by atoms with van der Waals surface area (Å²) in [6.45, 7) is 4.23. The Morgan fingerprint density at radius 2 is 2.14 bits per heavy atom. The lowest BCUT2D eigenvalue weighted by Gasteiger charge is -2.20. The molecule has 1 heterocycles. The van der Waals surface area contributed by atoms with Gasteiger partial charge in [-0.05, 0) is 37.5 Å². The van der Waals surface area contributed by atoms with Crippen molar-refractivity contribution in [3.63, 3.8) is 0 Å². The summed E-state index contributed by atoms with van der Waals surface area (Å²) in [4.78, 5) is 11.3. The number of aryl methyl sites for hydroxylation is 1. The van der Waals surface area contributed by atoms with Crippen molar-refractivity contribution >= 4 is 27.4 Å². The summed E-state index contributed by atoms with van der Waals surface area (Å²) < 4.78 is 30.9. The molecule has 0 aromatic heterocycles. The van der Waals surface area contributed by atoms with Crippen LogP contribution in [-0.2, 0) is 26.0 Å². The molecular formula is C14H20N2O4S. The van der Waals surface area contributed by atoms with Gasteiger partial charge in [-0.3, -0.25) is 9.10 Å². The van der Waals surface area contributed by atoms with Crippen LogP contribution in [0.3, 0.4) is 0 Å². The number of hydrogen-bond acceptors (Lipinski definition) is 5. The molecule has 0 bridgehead atoms. The number of esters is 1. The molecule has 0 aliphatic carbocycles. The van der Waals surface area contributed by atoms with Gasteiger partial charge in [-0.25, -0.2) is 8.42 Å². The third-order valence-electron chi connectivity index (χ3n) is 3.53. The van der Waals surface area contributed by atoms with Gasteiger partial charge in [-0.1, -0.05) is 6.07 Å². The normalized spacial score (nSPS) is 14.1. The van der Waals surface area contributed by atoms with Crippen molar-refractivity contribution < 1.29 is 17.9 Å². The Hall–Kier alpha value is -1.76. The minimum atomic E-state index is -3.54. The molecule has 6 nitrogen and oxygen atoms in total. The zero-order valence-electron chi connectivity index (χ0n) is 12.3. The minimum Gasteiger partial charge on any atom is -0.466 e. The van der Waals surface area contributed by atoms with Gasteiger partial charge in [-0.15, -0.1) is 0 Å². The van der Waals surface area contributed by atoms with Gasteiger partial charge >= 0.3 is 5.97 Å². The van der Waals surface area contributed by atoms with Crippen molar-refractivity contribution in [1.82, 2.24) is 0 Å². The van der Waals surface area contributed by atoms with Gasteiger partial charge in [0.1, 0.15) is 0 Å². The monoisotopic (exact) mass is 312 g/mol. The van der Waals surface area contributed by atoms with Crippen LogP contribution in [0.1, 0.15) is 24.5 Å². The molecule has 0 radical (unpaired) electrons. The number of nitrogens with zero attached hydrogens (tertiary/aromatic N) is 1. The van der Waals surface area contributed by atoms with Crippen molar-refractivity contribution in [3.05, 3.63) is 23.3 Å². The van der Waals surface area contributed by atoms with Crippen LogP contribution in [-0.4, -0.2) is 33.3 Å². The lowest BCUT2D eigenvalue weighted by atomic mass is 10.1. The van der Waals surface area contributed by atoms with Gasteiger partial charge in [0, 0.05) is 12.2 Å². The fourth-order valence-electron chi connectivity index (χ4n) is 2.39. The number of anilines is 2. The summed E-state index contributed by atoms with van der Waals surface area (Å²) in [7, 11) is -3.54. The number of rotatable bonds is 5. The Morgan fingerprint density at radius 1 is 1.43 bits per heavy atom. The first-order valence-electron chi connectivity index (χ1n) is 6.90. The van der Waals surface area contributed by atoms with Crippen molar-refractivity contribution in [2.75, 3.05) is 28.9 Å². The highest BCUT2D eigenvalue weighted by Gasteiger charge is 2.30. The first-order chi connectivity index (χ1) is 9.85. The van der Waals surface area contributed by atoms with Gasteiger partial charge in [-0.2, -0.15) is 0 Å². The van der Waals surface area contributed by atoms with Crippen molar-refractivity contribution in [2.24, 2.45) is 0 Å². The Bertz CT molecular complexity index is 655. The minimum absolute atomic E-state index is 0.136. The predicted molar refractivity (Wildman–Crippen MR) is 81.7 cm³/mol. The molecule has 0 saturated carbocycles. The predicted octanol–water partition coefficient (Wildman–Crippen LogP) is 1.22. The Morgan fingerprint density at radius 3 is 2.81 bits per heavy atom. The molecule has 1 aromatic rings. The van der Waals surface area contributed by atoms with E-state index in [0.717, 1.165) is 11.1 Å². The van der Waals surface area contributed by atoms with E-state index < -0.39 is 16.0 Å². The van der Waals surface area contributed by atoms with E-state index in [4.69, 9.17) is 10.5 Å². The lowest BCUT2D eigenvalue weighted by molar-refractivity contribution is -0.142. The van der Waals surface area contributed by atoms with Crippen LogP contribution in [0.4, 0.5) is 11.4 Å². The molecule has 21 heavy (non-hydrogen) atoms. The second-order valence-electron chi connectivity index (χ2n) is 5.03. The van der Waals surface area contributed by atoms with Crippen molar-refractivity contribution in [2.45, 2.75) is 26.7 Å². The second-order valence-corrected chi connectivity index (χ2v) is 7.04. The molecule has 116 valence electrons. The van der Waals surface area contributed by atoms with Crippen LogP contribution in [0, 0.1) is 6.92 Å². The smallest absolute Gasteiger partial charge is 0.306 e. The molecule has 0 spiro atoms. The molecule has 7 heteroatoms. The van der Waals surface area contributed by atoms with Crippen LogP contribution in [0.5, 0.6) is 0 Å². The summed E-state index contributed by atoms with van der Waals surface area (Å²) in [5.41, 5.74) is 8.98. The van der Waals surface area contributed by atoms with E-state index >= 15 is 0 Å². The molecule has 1 aromatic carbocycles. The number of carbonyl (C=O) groups excluding carboxylic acids is 1. The average molecular weight is 312 g/mol. The summed E-state index contributed by atoms with van der Waals surface area (Å²) in [6, 6.07) is 3.62. The molecule has 2 rings (SSSR count). The lowest BCUT2D eigenvalue weighted by Crippen LogP contribution is -2.32. The quantitative estimate of drug-likeness (QED) is 0.652. The third kappa shape index (κ3) is 3.29. The maximum Gasteiger partial charge on any atom is 0.306 e. The fourth-order valence-corrected chi connectivity index (χ4v) is 3.88. The highest BCUT2D eigenvalue weighted by molar-refractivity contribution is 7.92. The van der Waals surface area contributed by atoms with Gasteiger partial charge in [0.2, 0.25) is 10.0 Å². The highest BCUT2D eigenvalue weighted by atomic mass is 32.2. The number of nitrogen functional groups attached to an aromatic ring is 1. The van der Waals surface area contributed by atoms with E-state index in [-0.39, 0.29) is 18.8 Å². The third-order valence-corrected chi connectivity index (χ3v) is 5.30.